The Morgan fingerprint density at radius 3 is 2.65 bits per heavy atom. The summed E-state index contributed by atoms with van der Waals surface area (Å²) >= 11 is 0. The first-order valence-electron chi connectivity index (χ1n) is 7.50. The second-order valence-electron chi connectivity index (χ2n) is 5.41. The molecule has 1 fully saturated rings. The van der Waals surface area contributed by atoms with E-state index in [1.54, 1.807) is 0 Å². The van der Waals surface area contributed by atoms with Gasteiger partial charge in [0.15, 0.2) is 0 Å². The number of amides is 1. The molecule has 1 aliphatic rings. The molecule has 0 aromatic heterocycles. The van der Waals surface area contributed by atoms with Crippen molar-refractivity contribution in [3.63, 3.8) is 0 Å². The van der Waals surface area contributed by atoms with Gasteiger partial charge in [-0.05, 0) is 50.0 Å². The van der Waals surface area contributed by atoms with Gasteiger partial charge in [0.25, 0.3) is 0 Å². The molecule has 0 radical (unpaired) electrons. The minimum absolute atomic E-state index is 0.366. The first kappa shape index (κ1) is 15.0. The second kappa shape index (κ2) is 8.02. The highest BCUT2D eigenvalue weighted by atomic mass is 16.3. The maximum Gasteiger partial charge on any atom is 0.250 e. The quantitative estimate of drug-likeness (QED) is 0.865. The zero-order valence-electron chi connectivity index (χ0n) is 12.0. The van der Waals surface area contributed by atoms with Gasteiger partial charge in [0.05, 0.1) is 0 Å². The first-order valence-corrected chi connectivity index (χ1v) is 7.50. The Balaban J connectivity index is 1.85. The predicted octanol–water partition coefficient (Wildman–Crippen LogP) is 2.04. The molecule has 1 heterocycles. The summed E-state index contributed by atoms with van der Waals surface area (Å²) < 4.78 is 0. The Morgan fingerprint density at radius 2 is 1.95 bits per heavy atom. The number of nitrogens with one attached hydrogen (secondary N) is 1. The molecule has 1 aromatic carbocycles. The maximum atomic E-state index is 11.2. The summed E-state index contributed by atoms with van der Waals surface area (Å²) in [6.07, 6.45) is 6.35. The molecule has 0 saturated carbocycles. The summed E-state index contributed by atoms with van der Waals surface area (Å²) in [4.78, 5) is 13.7. The minimum Gasteiger partial charge on any atom is -0.387 e. The van der Waals surface area contributed by atoms with E-state index in [2.05, 4.69) is 16.3 Å². The van der Waals surface area contributed by atoms with Crippen molar-refractivity contribution in [3.8, 4) is 0 Å². The molecule has 0 aliphatic carbocycles. The van der Waals surface area contributed by atoms with E-state index in [1.807, 2.05) is 18.2 Å². The number of aliphatic hydroxyl groups is 1. The largest absolute Gasteiger partial charge is 0.387 e. The lowest BCUT2D eigenvalue weighted by molar-refractivity contribution is -0.118. The Kier molecular flexibility index (Phi) is 6.02. The number of likely N-dealkylation sites (tertiary alicyclic amines) is 1. The van der Waals surface area contributed by atoms with Crippen molar-refractivity contribution < 1.29 is 9.90 Å². The van der Waals surface area contributed by atoms with Crippen LogP contribution in [0.15, 0.2) is 24.3 Å². The van der Waals surface area contributed by atoms with Crippen LogP contribution in [0.25, 0.3) is 0 Å². The number of hydrogen-bond donors (Lipinski definition) is 2. The predicted molar refractivity (Wildman–Crippen MR) is 80.8 cm³/mol. The molecule has 1 aliphatic heterocycles. The zero-order chi connectivity index (χ0) is 14.2. The first-order chi connectivity index (χ1) is 9.78. The molecule has 1 saturated heterocycles. The molecule has 1 amide bonds. The summed E-state index contributed by atoms with van der Waals surface area (Å²) in [6, 6.07) is 7.88. The molecule has 4 heteroatoms. The van der Waals surface area contributed by atoms with Gasteiger partial charge in [-0.15, -0.1) is 0 Å². The number of aliphatic hydroxyl groups excluding tert-OH is 1. The van der Waals surface area contributed by atoms with E-state index in [-0.39, 0.29) is 5.91 Å². The van der Waals surface area contributed by atoms with Crippen molar-refractivity contribution in [3.05, 3.63) is 29.8 Å². The van der Waals surface area contributed by atoms with Crippen molar-refractivity contribution in [1.29, 1.82) is 0 Å². The standard InChI is InChI=1S/C16H24N2O2/c19-13-16(20)17-15-7-5-6-14(12-15)8-11-18-9-3-1-2-4-10-18/h5-7,12,19H,1-4,8-11,13H2,(H,17,20). The topological polar surface area (TPSA) is 52.6 Å². The van der Waals surface area contributed by atoms with Gasteiger partial charge in [-0.2, -0.15) is 0 Å². The Hall–Kier alpha value is -1.39. The van der Waals surface area contributed by atoms with Crippen LogP contribution in [0.4, 0.5) is 5.69 Å². The SMILES string of the molecule is O=C(CO)Nc1cccc(CCN2CCCCCC2)c1. The lowest BCUT2D eigenvalue weighted by Crippen LogP contribution is -2.27. The van der Waals surface area contributed by atoms with Gasteiger partial charge in [0.2, 0.25) is 5.91 Å². The van der Waals surface area contributed by atoms with Gasteiger partial charge in [0, 0.05) is 12.2 Å². The van der Waals surface area contributed by atoms with Gasteiger partial charge in [0.1, 0.15) is 6.61 Å². The van der Waals surface area contributed by atoms with Gasteiger partial charge < -0.3 is 15.3 Å². The fraction of sp³-hybridized carbons (Fsp3) is 0.562. The fourth-order valence-electron chi connectivity index (χ4n) is 2.65. The molecule has 1 aromatic rings. The number of benzene rings is 1. The van der Waals surface area contributed by atoms with Crippen molar-refractivity contribution in [1.82, 2.24) is 4.90 Å². The van der Waals surface area contributed by atoms with Crippen molar-refractivity contribution in [2.75, 3.05) is 31.6 Å². The summed E-state index contributed by atoms with van der Waals surface area (Å²) in [5.74, 6) is -0.366. The number of anilines is 1. The van der Waals surface area contributed by atoms with Gasteiger partial charge in [-0.1, -0.05) is 25.0 Å². The van der Waals surface area contributed by atoms with Crippen LogP contribution in [0, 0.1) is 0 Å². The van der Waals surface area contributed by atoms with Crippen LogP contribution in [-0.4, -0.2) is 42.2 Å². The van der Waals surface area contributed by atoms with Gasteiger partial charge in [-0.3, -0.25) is 4.79 Å². The number of nitrogens with zero attached hydrogens (tertiary/aromatic N) is 1. The number of carbonyl (C=O) groups is 1. The minimum atomic E-state index is -0.474. The monoisotopic (exact) mass is 276 g/mol. The average Bonchev–Trinajstić information content (AvgIpc) is 2.74. The zero-order valence-corrected chi connectivity index (χ0v) is 12.0. The molecule has 20 heavy (non-hydrogen) atoms. The summed E-state index contributed by atoms with van der Waals surface area (Å²) in [7, 11) is 0. The Bertz CT molecular complexity index is 426. The third-order valence-corrected chi connectivity index (χ3v) is 3.77. The van der Waals surface area contributed by atoms with E-state index in [9.17, 15) is 4.79 Å². The molecule has 0 unspecified atom stereocenters. The fourth-order valence-corrected chi connectivity index (χ4v) is 2.65. The lowest BCUT2D eigenvalue weighted by Gasteiger charge is -2.19. The van der Waals surface area contributed by atoms with Crippen LogP contribution in [0.3, 0.4) is 0 Å². The van der Waals surface area contributed by atoms with E-state index in [0.29, 0.717) is 0 Å². The number of rotatable bonds is 5. The molecule has 2 N–H and O–H groups in total. The molecule has 0 bridgehead atoms. The lowest BCUT2D eigenvalue weighted by atomic mass is 10.1. The molecular formula is C16H24N2O2. The van der Waals surface area contributed by atoms with Crippen LogP contribution in [-0.2, 0) is 11.2 Å². The van der Waals surface area contributed by atoms with Crippen LogP contribution in [0.2, 0.25) is 0 Å². The Labute approximate surface area is 120 Å². The van der Waals surface area contributed by atoms with Crippen LogP contribution in [0.1, 0.15) is 31.2 Å². The van der Waals surface area contributed by atoms with Gasteiger partial charge >= 0.3 is 0 Å². The third kappa shape index (κ3) is 4.94. The van der Waals surface area contributed by atoms with Crippen molar-refractivity contribution in [2.24, 2.45) is 0 Å². The maximum absolute atomic E-state index is 11.2. The molecular weight excluding hydrogens is 252 g/mol. The second-order valence-corrected chi connectivity index (χ2v) is 5.41. The Morgan fingerprint density at radius 1 is 1.20 bits per heavy atom. The molecule has 2 rings (SSSR count). The highest BCUT2D eigenvalue weighted by Crippen LogP contribution is 2.13. The number of hydrogen-bond acceptors (Lipinski definition) is 3. The van der Waals surface area contributed by atoms with E-state index < -0.39 is 6.61 Å². The van der Waals surface area contributed by atoms with Crippen LogP contribution < -0.4 is 5.32 Å². The highest BCUT2D eigenvalue weighted by Gasteiger charge is 2.09. The molecule has 0 spiro atoms. The summed E-state index contributed by atoms with van der Waals surface area (Å²) in [5.41, 5.74) is 1.99. The number of carbonyl (C=O) groups excluding carboxylic acids is 1. The smallest absolute Gasteiger partial charge is 0.250 e. The van der Waals surface area contributed by atoms with Crippen molar-refractivity contribution in [2.45, 2.75) is 32.1 Å². The van der Waals surface area contributed by atoms with Gasteiger partial charge in [-0.25, -0.2) is 0 Å². The highest BCUT2D eigenvalue weighted by molar-refractivity contribution is 5.91. The normalized spacial score (nSPS) is 16.6. The third-order valence-electron chi connectivity index (χ3n) is 3.77. The van der Waals surface area contributed by atoms with Crippen LogP contribution >= 0.6 is 0 Å². The van der Waals surface area contributed by atoms with E-state index in [4.69, 9.17) is 5.11 Å². The summed E-state index contributed by atoms with van der Waals surface area (Å²) in [5, 5.41) is 11.4. The molecule has 4 nitrogen and oxygen atoms in total. The van der Waals surface area contributed by atoms with E-state index >= 15 is 0 Å². The van der Waals surface area contributed by atoms with Crippen LogP contribution in [0.5, 0.6) is 0 Å². The van der Waals surface area contributed by atoms with E-state index in [0.717, 1.165) is 18.7 Å². The molecule has 110 valence electrons. The van der Waals surface area contributed by atoms with Crippen molar-refractivity contribution >= 4 is 11.6 Å². The molecule has 0 atom stereocenters. The average molecular weight is 276 g/mol. The van der Waals surface area contributed by atoms with E-state index in [1.165, 1.54) is 44.3 Å². The summed E-state index contributed by atoms with van der Waals surface area (Å²) in [6.45, 7) is 3.03.